The highest BCUT2D eigenvalue weighted by Crippen LogP contribution is 2.26. The Labute approximate surface area is 107 Å². The highest BCUT2D eigenvalue weighted by atomic mass is 16.2. The molecule has 18 heavy (non-hydrogen) atoms. The number of nitrogens with one attached hydrogen (secondary N) is 2. The van der Waals surface area contributed by atoms with E-state index in [-0.39, 0.29) is 6.03 Å². The van der Waals surface area contributed by atoms with Gasteiger partial charge in [0.2, 0.25) is 0 Å². The minimum Gasteiger partial charge on any atom is -0.320 e. The normalized spacial score (nSPS) is 26.8. The van der Waals surface area contributed by atoms with Gasteiger partial charge >= 0.3 is 6.03 Å². The van der Waals surface area contributed by atoms with Crippen LogP contribution >= 0.6 is 0 Å². The third kappa shape index (κ3) is 2.20. The van der Waals surface area contributed by atoms with Crippen molar-refractivity contribution >= 4 is 11.7 Å². The molecular weight excluding hydrogens is 226 g/mol. The molecule has 2 atom stereocenters. The molecule has 1 aromatic carbocycles. The zero-order valence-electron chi connectivity index (χ0n) is 10.4. The molecule has 0 spiro atoms. The van der Waals surface area contributed by atoms with Gasteiger partial charge in [0.25, 0.3) is 0 Å². The van der Waals surface area contributed by atoms with Crippen molar-refractivity contribution in [3.05, 3.63) is 30.3 Å². The molecule has 4 heteroatoms. The average Bonchev–Trinajstić information content (AvgIpc) is 2.87. The lowest BCUT2D eigenvalue weighted by molar-refractivity contribution is 0.147. The smallest absolute Gasteiger partial charge is 0.320 e. The quantitative estimate of drug-likeness (QED) is 0.793. The summed E-state index contributed by atoms with van der Waals surface area (Å²) in [5.41, 5.74) is 0.871. The number of para-hydroxylation sites is 1. The lowest BCUT2D eigenvalue weighted by atomic mass is 9.92. The average molecular weight is 245 g/mol. The van der Waals surface area contributed by atoms with Crippen LogP contribution in [0.2, 0.25) is 0 Å². The summed E-state index contributed by atoms with van der Waals surface area (Å²) in [5, 5.41) is 6.37. The van der Waals surface area contributed by atoms with E-state index in [1.165, 1.54) is 6.42 Å². The Hall–Kier alpha value is -1.55. The predicted octanol–water partition coefficient (Wildman–Crippen LogP) is 1.90. The molecule has 2 saturated heterocycles. The second-order valence-electron chi connectivity index (χ2n) is 5.12. The molecule has 1 aromatic rings. The molecule has 2 N–H and O–H groups in total. The molecule has 2 aliphatic heterocycles. The Morgan fingerprint density at radius 1 is 1.28 bits per heavy atom. The molecule has 2 aliphatic rings. The van der Waals surface area contributed by atoms with Crippen LogP contribution < -0.4 is 10.6 Å². The number of amides is 2. The summed E-state index contributed by atoms with van der Waals surface area (Å²) in [6, 6.07) is 10.1. The van der Waals surface area contributed by atoms with Crippen LogP contribution in [0.25, 0.3) is 0 Å². The van der Waals surface area contributed by atoms with Crippen molar-refractivity contribution in [3.63, 3.8) is 0 Å². The number of rotatable bonds is 1. The third-order valence-electron chi connectivity index (χ3n) is 3.96. The fourth-order valence-electron chi connectivity index (χ4n) is 3.04. The van der Waals surface area contributed by atoms with Gasteiger partial charge in [0.15, 0.2) is 0 Å². The van der Waals surface area contributed by atoms with Crippen molar-refractivity contribution in [3.8, 4) is 0 Å². The molecule has 0 aliphatic carbocycles. The van der Waals surface area contributed by atoms with Crippen LogP contribution in [0.3, 0.4) is 0 Å². The van der Waals surface area contributed by atoms with Crippen molar-refractivity contribution in [1.29, 1.82) is 0 Å². The van der Waals surface area contributed by atoms with E-state index in [9.17, 15) is 4.79 Å². The third-order valence-corrected chi connectivity index (χ3v) is 3.96. The van der Waals surface area contributed by atoms with E-state index in [2.05, 4.69) is 10.6 Å². The predicted molar refractivity (Wildman–Crippen MR) is 71.5 cm³/mol. The van der Waals surface area contributed by atoms with Crippen molar-refractivity contribution in [2.75, 3.05) is 25.0 Å². The van der Waals surface area contributed by atoms with Crippen molar-refractivity contribution < 1.29 is 4.79 Å². The van der Waals surface area contributed by atoms with Crippen molar-refractivity contribution in [2.45, 2.75) is 18.9 Å². The Morgan fingerprint density at radius 3 is 2.94 bits per heavy atom. The van der Waals surface area contributed by atoms with E-state index >= 15 is 0 Å². The van der Waals surface area contributed by atoms with E-state index in [4.69, 9.17) is 0 Å². The van der Waals surface area contributed by atoms with Crippen LogP contribution in [-0.4, -0.2) is 36.6 Å². The summed E-state index contributed by atoms with van der Waals surface area (Å²) < 4.78 is 0. The highest BCUT2D eigenvalue weighted by Gasteiger charge is 2.37. The lowest BCUT2D eigenvalue weighted by Crippen LogP contribution is -2.50. The molecule has 96 valence electrons. The Kier molecular flexibility index (Phi) is 3.19. The van der Waals surface area contributed by atoms with Crippen molar-refractivity contribution in [2.24, 2.45) is 5.92 Å². The summed E-state index contributed by atoms with van der Waals surface area (Å²) >= 11 is 0. The number of likely N-dealkylation sites (tertiary alicyclic amines) is 1. The monoisotopic (exact) mass is 245 g/mol. The van der Waals surface area contributed by atoms with Crippen LogP contribution in [0.15, 0.2) is 30.3 Å². The topological polar surface area (TPSA) is 44.4 Å². The molecule has 0 radical (unpaired) electrons. The first-order valence-corrected chi connectivity index (χ1v) is 6.68. The minimum atomic E-state index is 0.0413. The molecule has 2 amide bonds. The summed E-state index contributed by atoms with van der Waals surface area (Å²) in [7, 11) is 0. The number of nitrogens with zero attached hydrogens (tertiary/aromatic N) is 1. The second kappa shape index (κ2) is 4.98. The number of benzene rings is 1. The van der Waals surface area contributed by atoms with Crippen LogP contribution in [0, 0.1) is 5.92 Å². The van der Waals surface area contributed by atoms with Crippen LogP contribution in [0.1, 0.15) is 12.8 Å². The van der Waals surface area contributed by atoms with Gasteiger partial charge < -0.3 is 15.5 Å². The van der Waals surface area contributed by atoms with Crippen molar-refractivity contribution in [1.82, 2.24) is 10.2 Å². The van der Waals surface area contributed by atoms with E-state index in [1.54, 1.807) is 0 Å². The fraction of sp³-hybridized carbons (Fsp3) is 0.500. The molecule has 0 saturated carbocycles. The zero-order valence-corrected chi connectivity index (χ0v) is 10.4. The van der Waals surface area contributed by atoms with Gasteiger partial charge in [-0.1, -0.05) is 18.2 Å². The van der Waals surface area contributed by atoms with Gasteiger partial charge in [-0.15, -0.1) is 0 Å². The van der Waals surface area contributed by atoms with Crippen LogP contribution in [0.4, 0.5) is 10.5 Å². The van der Waals surface area contributed by atoms with E-state index in [0.29, 0.717) is 12.0 Å². The number of piperidine rings is 1. The van der Waals surface area contributed by atoms with Crippen LogP contribution in [0.5, 0.6) is 0 Å². The standard InChI is InChI=1S/C14H19N3O/c18-14(16-12-6-2-1-3-7-12)17-8-4-5-11-9-15-10-13(11)17/h1-3,6-7,11,13,15H,4-5,8-10H2,(H,16,18). The number of hydrogen-bond acceptors (Lipinski definition) is 2. The first-order valence-electron chi connectivity index (χ1n) is 6.68. The Morgan fingerprint density at radius 2 is 2.11 bits per heavy atom. The SMILES string of the molecule is O=C(Nc1ccccc1)N1CCCC2CNCC21. The highest BCUT2D eigenvalue weighted by molar-refractivity contribution is 5.89. The van der Waals surface area contributed by atoms with E-state index in [1.807, 2.05) is 35.2 Å². The van der Waals surface area contributed by atoms with Gasteiger partial charge in [-0.3, -0.25) is 0 Å². The molecule has 0 aromatic heterocycles. The van der Waals surface area contributed by atoms with Gasteiger partial charge in [0.1, 0.15) is 0 Å². The fourth-order valence-corrected chi connectivity index (χ4v) is 3.04. The molecular formula is C14H19N3O. The van der Waals surface area contributed by atoms with Gasteiger partial charge in [-0.05, 0) is 30.9 Å². The minimum absolute atomic E-state index is 0.0413. The number of carbonyl (C=O) groups is 1. The number of anilines is 1. The lowest BCUT2D eigenvalue weighted by Gasteiger charge is -2.36. The Balaban J connectivity index is 1.68. The number of urea groups is 1. The van der Waals surface area contributed by atoms with Gasteiger partial charge in [-0.2, -0.15) is 0 Å². The zero-order chi connectivity index (χ0) is 12.4. The maximum Gasteiger partial charge on any atom is 0.322 e. The number of carbonyl (C=O) groups excluding carboxylic acids is 1. The maximum atomic E-state index is 12.3. The Bertz CT molecular complexity index is 420. The first kappa shape index (κ1) is 11.5. The van der Waals surface area contributed by atoms with E-state index in [0.717, 1.165) is 31.7 Å². The molecule has 2 unspecified atom stereocenters. The largest absolute Gasteiger partial charge is 0.322 e. The molecule has 4 nitrogen and oxygen atoms in total. The summed E-state index contributed by atoms with van der Waals surface area (Å²) in [4.78, 5) is 14.3. The van der Waals surface area contributed by atoms with Gasteiger partial charge in [0, 0.05) is 31.4 Å². The summed E-state index contributed by atoms with van der Waals surface area (Å²) in [6.45, 7) is 2.87. The molecule has 2 heterocycles. The molecule has 2 fully saturated rings. The first-order chi connectivity index (χ1) is 8.84. The van der Waals surface area contributed by atoms with Gasteiger partial charge in [-0.25, -0.2) is 4.79 Å². The maximum absolute atomic E-state index is 12.3. The molecule has 0 bridgehead atoms. The molecule has 3 rings (SSSR count). The van der Waals surface area contributed by atoms with Crippen LogP contribution in [-0.2, 0) is 0 Å². The van der Waals surface area contributed by atoms with Gasteiger partial charge in [0.05, 0.1) is 0 Å². The van der Waals surface area contributed by atoms with E-state index < -0.39 is 0 Å². The number of hydrogen-bond donors (Lipinski definition) is 2. The summed E-state index contributed by atoms with van der Waals surface area (Å²) in [5.74, 6) is 0.639. The number of fused-ring (bicyclic) bond motifs is 1. The second-order valence-corrected chi connectivity index (χ2v) is 5.12. The summed E-state index contributed by atoms with van der Waals surface area (Å²) in [6.07, 6.45) is 2.36.